The number of thiophene rings is 1. The Hall–Kier alpha value is -0.760. The third kappa shape index (κ3) is 4.12. The molecule has 2 aromatic rings. The highest BCUT2D eigenvalue weighted by molar-refractivity contribution is 9.10. The van der Waals surface area contributed by atoms with Gasteiger partial charge in [-0.05, 0) is 52.0 Å². The lowest BCUT2D eigenvalue weighted by Crippen LogP contribution is -2.28. The smallest absolute Gasteiger partial charge is 0.207 e. The second-order valence-corrected chi connectivity index (χ2v) is 8.10. The molecule has 1 heterocycles. The molecule has 1 aromatic carbocycles. The van der Waals surface area contributed by atoms with Gasteiger partial charge in [0.2, 0.25) is 10.0 Å². The molecule has 0 aliphatic heterocycles. The van der Waals surface area contributed by atoms with Crippen molar-refractivity contribution < 1.29 is 12.8 Å². The number of sulfonamides is 1. The lowest BCUT2D eigenvalue weighted by Gasteiger charge is -2.17. The van der Waals surface area contributed by atoms with Crippen LogP contribution in [0.2, 0.25) is 0 Å². The first kappa shape index (κ1) is 16.6. The Morgan fingerprint density at radius 2 is 2.14 bits per heavy atom. The molecule has 0 saturated heterocycles. The Bertz CT molecular complexity index is 702. The molecule has 1 N–H and O–H groups in total. The van der Waals surface area contributed by atoms with Crippen molar-refractivity contribution >= 4 is 37.3 Å². The highest BCUT2D eigenvalue weighted by Crippen LogP contribution is 2.26. The minimum absolute atomic E-state index is 0.0686. The largest absolute Gasteiger partial charge is 0.241 e. The van der Waals surface area contributed by atoms with Crippen LogP contribution in [0.25, 0.3) is 0 Å². The second-order valence-electron chi connectivity index (χ2n) is 4.55. The monoisotopic (exact) mass is 391 g/mol. The zero-order valence-corrected chi connectivity index (χ0v) is 14.6. The molecule has 0 amide bonds. The zero-order valence-electron chi connectivity index (χ0n) is 11.3. The van der Waals surface area contributed by atoms with E-state index in [9.17, 15) is 12.8 Å². The molecule has 1 unspecified atom stereocenters. The summed E-state index contributed by atoms with van der Waals surface area (Å²) in [4.78, 5) is 0.888. The van der Waals surface area contributed by atoms with Crippen molar-refractivity contribution in [3.05, 3.63) is 50.9 Å². The van der Waals surface area contributed by atoms with E-state index in [4.69, 9.17) is 0 Å². The Labute approximate surface area is 136 Å². The fourth-order valence-electron chi connectivity index (χ4n) is 1.94. The van der Waals surface area contributed by atoms with Crippen LogP contribution in [-0.4, -0.2) is 8.42 Å². The van der Waals surface area contributed by atoms with Gasteiger partial charge in [-0.15, -0.1) is 11.3 Å². The standard InChI is InChI=1S/C14H15BrFNO2S2/c1-2-4-13(14-5-3-8-20-14)17-21(18,19)10-6-7-11(15)12(16)9-10/h3,5-9,13,17H,2,4H2,1H3. The normalized spacial score (nSPS) is 13.3. The maximum absolute atomic E-state index is 13.5. The van der Waals surface area contributed by atoms with E-state index in [0.29, 0.717) is 6.42 Å². The summed E-state index contributed by atoms with van der Waals surface area (Å²) in [5, 5.41) is 1.91. The number of rotatable bonds is 6. The Morgan fingerprint density at radius 1 is 1.38 bits per heavy atom. The first-order chi connectivity index (χ1) is 9.94. The van der Waals surface area contributed by atoms with Crippen molar-refractivity contribution in [3.63, 3.8) is 0 Å². The summed E-state index contributed by atoms with van der Waals surface area (Å²) >= 11 is 4.52. The predicted octanol–water partition coefficient (Wildman–Crippen LogP) is 4.47. The number of hydrogen-bond acceptors (Lipinski definition) is 3. The zero-order chi connectivity index (χ0) is 15.5. The number of benzene rings is 1. The van der Waals surface area contributed by atoms with Crippen LogP contribution in [0.15, 0.2) is 45.1 Å². The van der Waals surface area contributed by atoms with E-state index < -0.39 is 15.8 Å². The maximum Gasteiger partial charge on any atom is 0.241 e. The van der Waals surface area contributed by atoms with Crippen LogP contribution in [0.3, 0.4) is 0 Å². The predicted molar refractivity (Wildman–Crippen MR) is 86.4 cm³/mol. The van der Waals surface area contributed by atoms with E-state index >= 15 is 0 Å². The summed E-state index contributed by atoms with van der Waals surface area (Å²) in [6.45, 7) is 1.99. The molecule has 0 fully saturated rings. The number of halogens is 2. The second kappa shape index (κ2) is 7.00. The van der Waals surface area contributed by atoms with Gasteiger partial charge in [0.25, 0.3) is 0 Å². The van der Waals surface area contributed by atoms with Gasteiger partial charge in [0.1, 0.15) is 5.82 Å². The van der Waals surface area contributed by atoms with Crippen molar-refractivity contribution in [3.8, 4) is 0 Å². The van der Waals surface area contributed by atoms with Crippen LogP contribution in [0.1, 0.15) is 30.7 Å². The van der Waals surface area contributed by atoms with E-state index in [1.807, 2.05) is 24.4 Å². The van der Waals surface area contributed by atoms with Gasteiger partial charge in [-0.2, -0.15) is 0 Å². The van der Waals surface area contributed by atoms with Gasteiger partial charge in [0.05, 0.1) is 15.4 Å². The average molecular weight is 392 g/mol. The molecule has 1 atom stereocenters. The molecule has 2 rings (SSSR count). The van der Waals surface area contributed by atoms with Crippen LogP contribution in [0.5, 0.6) is 0 Å². The molecule has 3 nitrogen and oxygen atoms in total. The summed E-state index contributed by atoms with van der Waals surface area (Å²) in [7, 11) is -3.75. The van der Waals surface area contributed by atoms with Crippen molar-refractivity contribution in [2.24, 2.45) is 0 Å². The summed E-state index contributed by atoms with van der Waals surface area (Å²) in [6, 6.07) is 7.29. The van der Waals surface area contributed by atoms with Crippen molar-refractivity contribution in [1.29, 1.82) is 0 Å². The molecule has 0 spiro atoms. The first-order valence-electron chi connectivity index (χ1n) is 6.45. The lowest BCUT2D eigenvalue weighted by atomic mass is 10.1. The van der Waals surface area contributed by atoms with Crippen LogP contribution < -0.4 is 4.72 Å². The van der Waals surface area contributed by atoms with Gasteiger partial charge >= 0.3 is 0 Å². The van der Waals surface area contributed by atoms with E-state index in [-0.39, 0.29) is 15.4 Å². The highest BCUT2D eigenvalue weighted by atomic mass is 79.9. The minimum Gasteiger partial charge on any atom is -0.207 e. The summed E-state index contributed by atoms with van der Waals surface area (Å²) in [6.07, 6.45) is 1.54. The average Bonchev–Trinajstić information content (AvgIpc) is 2.95. The summed E-state index contributed by atoms with van der Waals surface area (Å²) in [5.74, 6) is -0.596. The topological polar surface area (TPSA) is 46.2 Å². The van der Waals surface area contributed by atoms with Gasteiger partial charge < -0.3 is 0 Å². The van der Waals surface area contributed by atoms with Crippen molar-refractivity contribution in [2.45, 2.75) is 30.7 Å². The number of hydrogen-bond donors (Lipinski definition) is 1. The van der Waals surface area contributed by atoms with Crippen LogP contribution in [-0.2, 0) is 10.0 Å². The van der Waals surface area contributed by atoms with Crippen LogP contribution in [0, 0.1) is 5.82 Å². The molecule has 114 valence electrons. The molecule has 0 aliphatic carbocycles. The highest BCUT2D eigenvalue weighted by Gasteiger charge is 2.22. The molecule has 7 heteroatoms. The van der Waals surface area contributed by atoms with E-state index in [0.717, 1.165) is 17.4 Å². The molecule has 21 heavy (non-hydrogen) atoms. The minimum atomic E-state index is -3.75. The fraction of sp³-hybridized carbons (Fsp3) is 0.286. The number of nitrogens with one attached hydrogen (secondary N) is 1. The molecular formula is C14H15BrFNO2S2. The lowest BCUT2D eigenvalue weighted by molar-refractivity contribution is 0.538. The third-order valence-corrected chi connectivity index (χ3v) is 6.06. The Kier molecular flexibility index (Phi) is 5.54. The van der Waals surface area contributed by atoms with E-state index in [1.165, 1.54) is 23.5 Å². The van der Waals surface area contributed by atoms with Gasteiger partial charge in [0.15, 0.2) is 0 Å². The third-order valence-electron chi connectivity index (χ3n) is 2.96. The van der Waals surface area contributed by atoms with E-state index in [2.05, 4.69) is 20.7 Å². The fourth-order valence-corrected chi connectivity index (χ4v) is 4.33. The molecule has 0 saturated carbocycles. The van der Waals surface area contributed by atoms with Crippen LogP contribution in [0.4, 0.5) is 4.39 Å². The molecule has 0 bridgehead atoms. The van der Waals surface area contributed by atoms with Gasteiger partial charge in [-0.3, -0.25) is 0 Å². The van der Waals surface area contributed by atoms with Gasteiger partial charge in [-0.1, -0.05) is 19.4 Å². The molecule has 0 radical (unpaired) electrons. The maximum atomic E-state index is 13.5. The first-order valence-corrected chi connectivity index (χ1v) is 9.60. The molecule has 1 aromatic heterocycles. The summed E-state index contributed by atoms with van der Waals surface area (Å²) < 4.78 is 41.2. The molecular weight excluding hydrogens is 377 g/mol. The quantitative estimate of drug-likeness (QED) is 0.789. The Balaban J connectivity index is 2.28. The van der Waals surface area contributed by atoms with Gasteiger partial charge in [-0.25, -0.2) is 17.5 Å². The van der Waals surface area contributed by atoms with Crippen molar-refractivity contribution in [1.82, 2.24) is 4.72 Å². The van der Waals surface area contributed by atoms with Crippen LogP contribution >= 0.6 is 27.3 Å². The van der Waals surface area contributed by atoms with Crippen molar-refractivity contribution in [2.75, 3.05) is 0 Å². The summed E-state index contributed by atoms with van der Waals surface area (Å²) in [5.41, 5.74) is 0. The molecule has 0 aliphatic rings. The SMILES string of the molecule is CCCC(NS(=O)(=O)c1ccc(Br)c(F)c1)c1cccs1. The van der Waals surface area contributed by atoms with E-state index in [1.54, 1.807) is 0 Å². The Morgan fingerprint density at radius 3 is 2.71 bits per heavy atom. The van der Waals surface area contributed by atoms with Gasteiger partial charge in [0, 0.05) is 4.88 Å².